The number of hydrogen-bond acceptors (Lipinski definition) is 4. The number of ether oxygens (including phenoxy) is 1. The first kappa shape index (κ1) is 14.9. The molecule has 5 heteroatoms. The normalized spacial score (nSPS) is 13.6. The van der Waals surface area contributed by atoms with E-state index in [9.17, 15) is 4.79 Å². The van der Waals surface area contributed by atoms with E-state index in [2.05, 4.69) is 9.88 Å². The van der Waals surface area contributed by atoms with Gasteiger partial charge in [-0.25, -0.2) is 9.78 Å². The second-order valence-electron chi connectivity index (χ2n) is 5.21. The van der Waals surface area contributed by atoms with Crippen molar-refractivity contribution in [3.63, 3.8) is 0 Å². The van der Waals surface area contributed by atoms with Gasteiger partial charge in [-0.1, -0.05) is 11.6 Å². The van der Waals surface area contributed by atoms with Crippen LogP contribution in [0.3, 0.4) is 0 Å². The van der Waals surface area contributed by atoms with Crippen molar-refractivity contribution in [2.75, 3.05) is 18.1 Å². The number of rotatable bonds is 3. The summed E-state index contributed by atoms with van der Waals surface area (Å²) in [6, 6.07) is 9.69. The maximum atomic E-state index is 11.7. The number of benzene rings is 1. The second-order valence-corrected chi connectivity index (χ2v) is 5.64. The van der Waals surface area contributed by atoms with Crippen LogP contribution in [0.2, 0.25) is 5.02 Å². The Morgan fingerprint density at radius 2 is 2.09 bits per heavy atom. The molecule has 1 aromatic heterocycles. The second kappa shape index (κ2) is 6.36. The Labute approximate surface area is 134 Å². The van der Waals surface area contributed by atoms with E-state index >= 15 is 0 Å². The lowest BCUT2D eigenvalue weighted by Crippen LogP contribution is -2.30. The zero-order valence-corrected chi connectivity index (χ0v) is 13.1. The number of halogens is 1. The Balaban J connectivity index is 1.79. The third-order valence-corrected chi connectivity index (χ3v) is 4.02. The third-order valence-electron chi connectivity index (χ3n) is 3.77. The summed E-state index contributed by atoms with van der Waals surface area (Å²) >= 11 is 5.93. The molecular formula is C17H17ClN2O2. The molecule has 0 unspecified atom stereocenters. The fraction of sp³-hybridized carbons (Fsp3) is 0.294. The van der Waals surface area contributed by atoms with Crippen molar-refractivity contribution in [2.45, 2.75) is 19.9 Å². The standard InChI is InChI=1S/C17H17ClN2O2/c1-2-22-17(21)16-9-12-7-8-20(11-13(12)10-19-16)15-5-3-14(18)4-6-15/h3-6,9-10H,2,7-8,11H2,1H3. The van der Waals surface area contributed by atoms with Crippen LogP contribution in [-0.2, 0) is 17.7 Å². The first-order chi connectivity index (χ1) is 10.7. The van der Waals surface area contributed by atoms with E-state index in [4.69, 9.17) is 16.3 Å². The van der Waals surface area contributed by atoms with Crippen LogP contribution in [0.1, 0.15) is 28.5 Å². The molecular weight excluding hydrogens is 300 g/mol. The van der Waals surface area contributed by atoms with Crippen molar-refractivity contribution in [3.05, 3.63) is 58.4 Å². The van der Waals surface area contributed by atoms with Crippen molar-refractivity contribution < 1.29 is 9.53 Å². The summed E-state index contributed by atoms with van der Waals surface area (Å²) < 4.78 is 5.00. The SMILES string of the molecule is CCOC(=O)c1cc2c(cn1)CN(c1ccc(Cl)cc1)CC2. The average molecular weight is 317 g/mol. The van der Waals surface area contributed by atoms with Crippen LogP contribution in [0, 0.1) is 0 Å². The van der Waals surface area contributed by atoms with Crippen molar-refractivity contribution in [3.8, 4) is 0 Å². The summed E-state index contributed by atoms with van der Waals surface area (Å²) in [7, 11) is 0. The largest absolute Gasteiger partial charge is 0.461 e. The molecule has 1 aliphatic heterocycles. The van der Waals surface area contributed by atoms with E-state index in [0.29, 0.717) is 12.3 Å². The molecule has 0 bridgehead atoms. The number of esters is 1. The van der Waals surface area contributed by atoms with Gasteiger partial charge in [-0.15, -0.1) is 0 Å². The fourth-order valence-electron chi connectivity index (χ4n) is 2.63. The molecule has 0 aliphatic carbocycles. The highest BCUT2D eigenvalue weighted by atomic mass is 35.5. The lowest BCUT2D eigenvalue weighted by molar-refractivity contribution is 0.0519. The van der Waals surface area contributed by atoms with E-state index in [1.807, 2.05) is 30.3 Å². The Morgan fingerprint density at radius 1 is 1.32 bits per heavy atom. The minimum atomic E-state index is -0.356. The summed E-state index contributed by atoms with van der Waals surface area (Å²) in [5, 5.41) is 0.738. The average Bonchev–Trinajstić information content (AvgIpc) is 2.55. The molecule has 1 aliphatic rings. The Hall–Kier alpha value is -2.07. The van der Waals surface area contributed by atoms with Gasteiger partial charge in [0.25, 0.3) is 0 Å². The molecule has 0 atom stereocenters. The number of carbonyl (C=O) groups is 1. The molecule has 0 amide bonds. The van der Waals surface area contributed by atoms with Crippen LogP contribution < -0.4 is 4.90 Å². The summed E-state index contributed by atoms with van der Waals surface area (Å²) in [5.41, 5.74) is 3.85. The van der Waals surface area contributed by atoms with Gasteiger partial charge in [-0.05, 0) is 54.8 Å². The Kier molecular flexibility index (Phi) is 4.29. The summed E-state index contributed by atoms with van der Waals surface area (Å²) in [6.07, 6.45) is 2.66. The number of hydrogen-bond donors (Lipinski definition) is 0. The minimum Gasteiger partial charge on any atom is -0.461 e. The molecule has 0 N–H and O–H groups in total. The molecule has 22 heavy (non-hydrogen) atoms. The highest BCUT2D eigenvalue weighted by molar-refractivity contribution is 6.30. The molecule has 0 saturated heterocycles. The van der Waals surface area contributed by atoms with Gasteiger partial charge in [0.2, 0.25) is 0 Å². The van der Waals surface area contributed by atoms with E-state index in [0.717, 1.165) is 35.8 Å². The van der Waals surface area contributed by atoms with E-state index in [-0.39, 0.29) is 5.97 Å². The number of anilines is 1. The van der Waals surface area contributed by atoms with Crippen LogP contribution in [0.15, 0.2) is 36.5 Å². The summed E-state index contributed by atoms with van der Waals surface area (Å²) in [5.74, 6) is -0.356. The highest BCUT2D eigenvalue weighted by Crippen LogP contribution is 2.25. The predicted molar refractivity (Wildman–Crippen MR) is 86.4 cm³/mol. The monoisotopic (exact) mass is 316 g/mol. The van der Waals surface area contributed by atoms with Crippen LogP contribution in [-0.4, -0.2) is 24.1 Å². The zero-order chi connectivity index (χ0) is 15.5. The number of pyridine rings is 1. The maximum Gasteiger partial charge on any atom is 0.356 e. The maximum absolute atomic E-state index is 11.7. The van der Waals surface area contributed by atoms with E-state index in [1.54, 1.807) is 13.1 Å². The van der Waals surface area contributed by atoms with Crippen molar-refractivity contribution in [1.29, 1.82) is 0 Å². The first-order valence-electron chi connectivity index (χ1n) is 7.33. The Bertz CT molecular complexity index is 686. The molecule has 114 valence electrons. The molecule has 0 saturated carbocycles. The van der Waals surface area contributed by atoms with E-state index < -0.39 is 0 Å². The minimum absolute atomic E-state index is 0.356. The molecule has 2 heterocycles. The van der Waals surface area contributed by atoms with Crippen molar-refractivity contribution in [2.24, 2.45) is 0 Å². The first-order valence-corrected chi connectivity index (χ1v) is 7.70. The smallest absolute Gasteiger partial charge is 0.356 e. The van der Waals surface area contributed by atoms with Gasteiger partial charge in [0.1, 0.15) is 5.69 Å². The van der Waals surface area contributed by atoms with E-state index in [1.165, 1.54) is 5.56 Å². The fourth-order valence-corrected chi connectivity index (χ4v) is 2.76. The topological polar surface area (TPSA) is 42.4 Å². The van der Waals surface area contributed by atoms with Gasteiger partial charge < -0.3 is 9.64 Å². The van der Waals surface area contributed by atoms with Crippen LogP contribution >= 0.6 is 11.6 Å². The Morgan fingerprint density at radius 3 is 2.82 bits per heavy atom. The van der Waals surface area contributed by atoms with Crippen molar-refractivity contribution >= 4 is 23.3 Å². The van der Waals surface area contributed by atoms with Crippen LogP contribution in [0.25, 0.3) is 0 Å². The molecule has 0 radical (unpaired) electrons. The quantitative estimate of drug-likeness (QED) is 0.813. The number of carbonyl (C=O) groups excluding carboxylic acids is 1. The number of aromatic nitrogens is 1. The molecule has 4 nitrogen and oxygen atoms in total. The molecule has 3 rings (SSSR count). The molecule has 1 aromatic carbocycles. The molecule has 0 spiro atoms. The summed E-state index contributed by atoms with van der Waals surface area (Å²) in [6.45, 7) is 3.84. The number of nitrogens with zero attached hydrogens (tertiary/aromatic N) is 2. The third kappa shape index (κ3) is 3.07. The molecule has 2 aromatic rings. The van der Waals surface area contributed by atoms with Gasteiger partial charge >= 0.3 is 5.97 Å². The van der Waals surface area contributed by atoms with Gasteiger partial charge in [0.15, 0.2) is 0 Å². The van der Waals surface area contributed by atoms with Crippen LogP contribution in [0.5, 0.6) is 0 Å². The number of fused-ring (bicyclic) bond motifs is 1. The van der Waals surface area contributed by atoms with Gasteiger partial charge in [-0.2, -0.15) is 0 Å². The summed E-state index contributed by atoms with van der Waals surface area (Å²) in [4.78, 5) is 18.3. The lowest BCUT2D eigenvalue weighted by Gasteiger charge is -2.30. The van der Waals surface area contributed by atoms with Gasteiger partial charge in [0.05, 0.1) is 6.61 Å². The van der Waals surface area contributed by atoms with Gasteiger partial charge in [-0.3, -0.25) is 0 Å². The molecule has 0 fully saturated rings. The predicted octanol–water partition coefficient (Wildman–Crippen LogP) is 3.47. The highest BCUT2D eigenvalue weighted by Gasteiger charge is 2.19. The zero-order valence-electron chi connectivity index (χ0n) is 12.4. The van der Waals surface area contributed by atoms with Crippen molar-refractivity contribution in [1.82, 2.24) is 4.98 Å². The van der Waals surface area contributed by atoms with Gasteiger partial charge in [0, 0.05) is 30.0 Å². The van der Waals surface area contributed by atoms with Crippen LogP contribution in [0.4, 0.5) is 5.69 Å². The lowest BCUT2D eigenvalue weighted by atomic mass is 10.0.